The molecular weight excluding hydrogens is 276 g/mol. The van der Waals surface area contributed by atoms with Gasteiger partial charge in [0.15, 0.2) is 0 Å². The van der Waals surface area contributed by atoms with Crippen LogP contribution in [-0.2, 0) is 4.79 Å². The second-order valence-electron chi connectivity index (χ2n) is 8.75. The first kappa shape index (κ1) is 17.7. The van der Waals surface area contributed by atoms with Crippen LogP contribution in [0.25, 0.3) is 0 Å². The van der Waals surface area contributed by atoms with Crippen molar-refractivity contribution < 1.29 is 9.90 Å². The van der Waals surface area contributed by atoms with Crippen LogP contribution in [0.1, 0.15) is 60.3 Å². The van der Waals surface area contributed by atoms with E-state index < -0.39 is 0 Å². The molecule has 0 radical (unpaired) electrons. The number of likely N-dealkylation sites (tertiary alicyclic amines) is 1. The minimum absolute atomic E-state index is 0.137. The van der Waals surface area contributed by atoms with Gasteiger partial charge in [-0.2, -0.15) is 0 Å². The highest BCUT2D eigenvalue weighted by Crippen LogP contribution is 2.33. The van der Waals surface area contributed by atoms with Crippen LogP contribution >= 0.6 is 0 Å². The second kappa shape index (κ2) is 6.88. The molecule has 1 aliphatic heterocycles. The third-order valence-electron chi connectivity index (χ3n) is 4.99. The number of hydrogen-bond donors (Lipinski definition) is 2. The molecule has 2 rings (SSSR count). The summed E-state index contributed by atoms with van der Waals surface area (Å²) in [6, 6.07) is 0.943. The number of carbonyl (C=O) groups excluding carboxylic acids is 1. The van der Waals surface area contributed by atoms with Crippen LogP contribution in [0.15, 0.2) is 0 Å². The van der Waals surface area contributed by atoms with Gasteiger partial charge < -0.3 is 10.4 Å². The summed E-state index contributed by atoms with van der Waals surface area (Å²) in [5, 5.41) is 13.5. The van der Waals surface area contributed by atoms with Gasteiger partial charge in [-0.3, -0.25) is 9.69 Å². The van der Waals surface area contributed by atoms with Crippen molar-refractivity contribution in [1.29, 1.82) is 0 Å². The van der Waals surface area contributed by atoms with Crippen molar-refractivity contribution in [2.24, 2.45) is 17.3 Å². The summed E-state index contributed by atoms with van der Waals surface area (Å²) < 4.78 is 0. The van der Waals surface area contributed by atoms with Gasteiger partial charge in [-0.1, -0.05) is 34.6 Å². The summed E-state index contributed by atoms with van der Waals surface area (Å²) in [7, 11) is 0. The van der Waals surface area contributed by atoms with E-state index in [0.29, 0.717) is 17.9 Å². The van der Waals surface area contributed by atoms with Gasteiger partial charge in [-0.25, -0.2) is 0 Å². The normalized spacial score (nSPS) is 28.7. The maximum absolute atomic E-state index is 12.3. The first-order chi connectivity index (χ1) is 10.2. The quantitative estimate of drug-likeness (QED) is 0.820. The first-order valence-corrected chi connectivity index (χ1v) is 8.90. The minimum Gasteiger partial charge on any atom is -0.393 e. The fraction of sp³-hybridized carbons (Fsp3) is 0.944. The van der Waals surface area contributed by atoms with Crippen LogP contribution < -0.4 is 5.32 Å². The summed E-state index contributed by atoms with van der Waals surface area (Å²) in [6.07, 6.45) is 4.19. The van der Waals surface area contributed by atoms with Crippen molar-refractivity contribution in [1.82, 2.24) is 10.2 Å². The molecule has 1 amide bonds. The fourth-order valence-corrected chi connectivity index (χ4v) is 3.27. The molecule has 1 saturated carbocycles. The van der Waals surface area contributed by atoms with E-state index in [-0.39, 0.29) is 23.5 Å². The average Bonchev–Trinajstić information content (AvgIpc) is 3.21. The molecule has 128 valence electrons. The Kier molecular flexibility index (Phi) is 5.54. The van der Waals surface area contributed by atoms with Gasteiger partial charge >= 0.3 is 0 Å². The van der Waals surface area contributed by atoms with Crippen molar-refractivity contribution >= 4 is 5.91 Å². The molecule has 0 aromatic carbocycles. The molecule has 4 heteroatoms. The Balaban J connectivity index is 1.95. The molecule has 22 heavy (non-hydrogen) atoms. The molecule has 2 N–H and O–H groups in total. The van der Waals surface area contributed by atoms with Crippen LogP contribution in [0, 0.1) is 17.3 Å². The number of hydrogen-bond acceptors (Lipinski definition) is 3. The average molecular weight is 310 g/mol. The third kappa shape index (κ3) is 4.95. The molecular formula is C18H34N2O2. The summed E-state index contributed by atoms with van der Waals surface area (Å²) >= 11 is 0. The second-order valence-corrected chi connectivity index (χ2v) is 8.75. The predicted octanol–water partition coefficient (Wildman–Crippen LogP) is 2.41. The number of aliphatic hydroxyl groups excluding tert-OH is 1. The van der Waals surface area contributed by atoms with E-state index in [0.717, 1.165) is 25.9 Å². The van der Waals surface area contributed by atoms with Gasteiger partial charge in [0.2, 0.25) is 5.91 Å². The van der Waals surface area contributed by atoms with Crippen LogP contribution in [0.2, 0.25) is 0 Å². The summed E-state index contributed by atoms with van der Waals surface area (Å²) in [6.45, 7) is 12.1. The van der Waals surface area contributed by atoms with Crippen LogP contribution in [-0.4, -0.2) is 47.2 Å². The number of carbonyl (C=O) groups is 1. The van der Waals surface area contributed by atoms with E-state index in [1.165, 1.54) is 12.8 Å². The molecule has 0 spiro atoms. The van der Waals surface area contributed by atoms with Gasteiger partial charge in [0.05, 0.1) is 6.10 Å². The molecule has 2 aliphatic rings. The number of nitrogens with one attached hydrogen (secondary N) is 1. The van der Waals surface area contributed by atoms with E-state index in [4.69, 9.17) is 0 Å². The lowest BCUT2D eigenvalue weighted by atomic mass is 9.86. The smallest absolute Gasteiger partial charge is 0.225 e. The van der Waals surface area contributed by atoms with Gasteiger partial charge in [-0.15, -0.1) is 0 Å². The lowest BCUT2D eigenvalue weighted by molar-refractivity contribution is -0.129. The number of rotatable bonds is 5. The Labute approximate surface area is 135 Å². The lowest BCUT2D eigenvalue weighted by Gasteiger charge is -2.40. The Morgan fingerprint density at radius 3 is 2.41 bits per heavy atom. The largest absolute Gasteiger partial charge is 0.393 e. The van der Waals surface area contributed by atoms with Crippen LogP contribution in [0.5, 0.6) is 0 Å². The molecule has 2 fully saturated rings. The lowest BCUT2D eigenvalue weighted by Crippen LogP contribution is -2.53. The van der Waals surface area contributed by atoms with Crippen LogP contribution in [0.3, 0.4) is 0 Å². The molecule has 3 unspecified atom stereocenters. The monoisotopic (exact) mass is 310 g/mol. The van der Waals surface area contributed by atoms with Crippen molar-refractivity contribution in [3.63, 3.8) is 0 Å². The zero-order valence-electron chi connectivity index (χ0n) is 14.9. The fourth-order valence-electron chi connectivity index (χ4n) is 3.27. The van der Waals surface area contributed by atoms with Crippen LogP contribution in [0.4, 0.5) is 0 Å². The Morgan fingerprint density at radius 2 is 1.91 bits per heavy atom. The van der Waals surface area contributed by atoms with Gasteiger partial charge in [0.25, 0.3) is 0 Å². The number of piperidine rings is 1. The predicted molar refractivity (Wildman–Crippen MR) is 89.5 cm³/mol. The number of nitrogens with zero attached hydrogens (tertiary/aromatic N) is 1. The van der Waals surface area contributed by atoms with Crippen molar-refractivity contribution in [2.75, 3.05) is 13.1 Å². The van der Waals surface area contributed by atoms with E-state index in [1.54, 1.807) is 0 Å². The standard InChI is InChI=1S/C18H34N2O2/c1-12(2)16(21)9-13-8-14(19-17(22)18(3,4)5)11-20(10-13)15-6-7-15/h12-16,21H,6-11H2,1-5H3,(H,19,22). The van der Waals surface area contributed by atoms with Crippen molar-refractivity contribution in [2.45, 2.75) is 78.5 Å². The Bertz CT molecular complexity index is 383. The van der Waals surface area contributed by atoms with E-state index in [2.05, 4.69) is 24.1 Å². The maximum Gasteiger partial charge on any atom is 0.225 e. The van der Waals surface area contributed by atoms with Gasteiger partial charge in [0.1, 0.15) is 0 Å². The summed E-state index contributed by atoms with van der Waals surface area (Å²) in [5.41, 5.74) is -0.338. The maximum atomic E-state index is 12.3. The first-order valence-electron chi connectivity index (χ1n) is 8.90. The molecule has 1 saturated heterocycles. The molecule has 0 aromatic rings. The van der Waals surface area contributed by atoms with Gasteiger partial charge in [0, 0.05) is 30.6 Å². The zero-order valence-corrected chi connectivity index (χ0v) is 14.9. The topological polar surface area (TPSA) is 52.6 Å². The van der Waals surface area contributed by atoms with E-state index in [9.17, 15) is 9.90 Å². The number of amides is 1. The number of aliphatic hydroxyl groups is 1. The third-order valence-corrected chi connectivity index (χ3v) is 4.99. The van der Waals surface area contributed by atoms with E-state index in [1.807, 2.05) is 20.8 Å². The Hall–Kier alpha value is -0.610. The zero-order chi connectivity index (χ0) is 16.5. The highest BCUT2D eigenvalue weighted by molar-refractivity contribution is 5.81. The minimum atomic E-state index is -0.338. The molecule has 3 atom stereocenters. The van der Waals surface area contributed by atoms with Gasteiger partial charge in [-0.05, 0) is 37.5 Å². The highest BCUT2D eigenvalue weighted by atomic mass is 16.3. The van der Waals surface area contributed by atoms with E-state index >= 15 is 0 Å². The van der Waals surface area contributed by atoms with Crippen molar-refractivity contribution in [3.8, 4) is 0 Å². The van der Waals surface area contributed by atoms with Crippen molar-refractivity contribution in [3.05, 3.63) is 0 Å². The molecule has 0 bridgehead atoms. The SMILES string of the molecule is CC(C)C(O)CC1CC(NC(=O)C(C)(C)C)CN(C2CC2)C1. The Morgan fingerprint density at radius 1 is 1.27 bits per heavy atom. The molecule has 1 heterocycles. The molecule has 1 aliphatic carbocycles. The molecule has 4 nitrogen and oxygen atoms in total. The highest BCUT2D eigenvalue weighted by Gasteiger charge is 2.38. The summed E-state index contributed by atoms with van der Waals surface area (Å²) in [5.74, 6) is 0.925. The molecule has 0 aromatic heterocycles. The summed E-state index contributed by atoms with van der Waals surface area (Å²) in [4.78, 5) is 14.8.